The predicted octanol–water partition coefficient (Wildman–Crippen LogP) is 2.40. The van der Waals surface area contributed by atoms with Crippen LogP contribution in [0.1, 0.15) is 43.8 Å². The summed E-state index contributed by atoms with van der Waals surface area (Å²) in [5, 5.41) is 8.38. The van der Waals surface area contributed by atoms with Gasteiger partial charge in [-0.15, -0.1) is 0 Å². The minimum absolute atomic E-state index is 0.548. The molecule has 2 fully saturated rings. The molecule has 4 rings (SSSR count). The molecule has 0 amide bonds. The maximum atomic E-state index is 5.55. The van der Waals surface area contributed by atoms with Gasteiger partial charge in [0, 0.05) is 31.1 Å². The maximum Gasteiger partial charge on any atom is 0.124 e. The van der Waals surface area contributed by atoms with E-state index in [1.165, 1.54) is 30.8 Å². The maximum absolute atomic E-state index is 5.55. The van der Waals surface area contributed by atoms with Crippen molar-refractivity contribution < 1.29 is 4.74 Å². The van der Waals surface area contributed by atoms with E-state index < -0.39 is 0 Å². The number of rotatable bonds is 2. The number of anilines is 1. The van der Waals surface area contributed by atoms with E-state index in [4.69, 9.17) is 9.84 Å². The SMILES string of the molecule is CC1CC1c1cc2n(n1)C(C1CCOC1)CCN2. The molecule has 0 spiro atoms. The number of hydrogen-bond acceptors (Lipinski definition) is 3. The highest BCUT2D eigenvalue weighted by atomic mass is 16.5. The van der Waals surface area contributed by atoms with Crippen molar-refractivity contribution >= 4 is 5.82 Å². The molecule has 4 atom stereocenters. The van der Waals surface area contributed by atoms with Crippen molar-refractivity contribution in [1.29, 1.82) is 0 Å². The fraction of sp³-hybridized carbons (Fsp3) is 0.786. The highest BCUT2D eigenvalue weighted by molar-refractivity contribution is 5.41. The fourth-order valence-electron chi connectivity index (χ4n) is 3.48. The molecule has 18 heavy (non-hydrogen) atoms. The Hall–Kier alpha value is -1.03. The van der Waals surface area contributed by atoms with Gasteiger partial charge in [0.1, 0.15) is 5.82 Å². The van der Waals surface area contributed by atoms with E-state index in [0.29, 0.717) is 17.9 Å². The molecule has 0 bridgehead atoms. The summed E-state index contributed by atoms with van der Waals surface area (Å²) in [5.74, 6) is 3.43. The molecule has 1 saturated heterocycles. The average molecular weight is 247 g/mol. The van der Waals surface area contributed by atoms with Gasteiger partial charge in [0.15, 0.2) is 0 Å². The second-order valence-corrected chi connectivity index (χ2v) is 6.12. The van der Waals surface area contributed by atoms with Crippen molar-refractivity contribution in [3.63, 3.8) is 0 Å². The lowest BCUT2D eigenvalue weighted by molar-refractivity contribution is 0.167. The van der Waals surface area contributed by atoms with Crippen molar-refractivity contribution in [2.45, 2.75) is 38.1 Å². The van der Waals surface area contributed by atoms with Crippen LogP contribution < -0.4 is 5.32 Å². The summed E-state index contributed by atoms with van der Waals surface area (Å²) in [6.07, 6.45) is 3.69. The van der Waals surface area contributed by atoms with Gasteiger partial charge in [0.05, 0.1) is 18.3 Å². The predicted molar refractivity (Wildman–Crippen MR) is 69.8 cm³/mol. The molecule has 1 aromatic heterocycles. The topological polar surface area (TPSA) is 39.1 Å². The molecule has 4 unspecified atom stereocenters. The second kappa shape index (κ2) is 3.98. The monoisotopic (exact) mass is 247 g/mol. The number of nitrogens with one attached hydrogen (secondary N) is 1. The molecule has 1 aliphatic carbocycles. The van der Waals surface area contributed by atoms with Crippen molar-refractivity contribution in [2.75, 3.05) is 25.1 Å². The molecule has 98 valence electrons. The van der Waals surface area contributed by atoms with Crippen LogP contribution in [0.25, 0.3) is 0 Å². The van der Waals surface area contributed by atoms with E-state index >= 15 is 0 Å². The second-order valence-electron chi connectivity index (χ2n) is 6.12. The Morgan fingerprint density at radius 1 is 1.44 bits per heavy atom. The van der Waals surface area contributed by atoms with Gasteiger partial charge in [-0.3, -0.25) is 0 Å². The van der Waals surface area contributed by atoms with Gasteiger partial charge >= 0.3 is 0 Å². The Kier molecular flexibility index (Phi) is 2.40. The number of aromatic nitrogens is 2. The largest absolute Gasteiger partial charge is 0.381 e. The molecule has 1 aromatic rings. The van der Waals surface area contributed by atoms with Crippen LogP contribution in [0.2, 0.25) is 0 Å². The molecule has 4 heteroatoms. The van der Waals surface area contributed by atoms with Crippen molar-refractivity contribution in [2.24, 2.45) is 11.8 Å². The van der Waals surface area contributed by atoms with Gasteiger partial charge in [-0.1, -0.05) is 6.92 Å². The molecule has 0 aromatic carbocycles. The third-order valence-corrected chi connectivity index (χ3v) is 4.81. The first kappa shape index (κ1) is 10.9. The highest BCUT2D eigenvalue weighted by Crippen LogP contribution is 2.47. The summed E-state index contributed by atoms with van der Waals surface area (Å²) >= 11 is 0. The van der Waals surface area contributed by atoms with Crippen LogP contribution in [0.4, 0.5) is 5.82 Å². The summed E-state index contributed by atoms with van der Waals surface area (Å²) < 4.78 is 7.80. The van der Waals surface area contributed by atoms with Crippen LogP contribution in [-0.2, 0) is 4.74 Å². The summed E-state index contributed by atoms with van der Waals surface area (Å²) in [6, 6.07) is 2.82. The lowest BCUT2D eigenvalue weighted by Crippen LogP contribution is -2.29. The zero-order valence-electron chi connectivity index (χ0n) is 10.9. The number of nitrogens with zero attached hydrogens (tertiary/aromatic N) is 2. The lowest BCUT2D eigenvalue weighted by Gasteiger charge is -2.29. The molecular formula is C14H21N3O. The smallest absolute Gasteiger partial charge is 0.124 e. The Balaban J connectivity index is 1.63. The Morgan fingerprint density at radius 3 is 3.06 bits per heavy atom. The average Bonchev–Trinajstić information content (AvgIpc) is 2.88. The summed E-state index contributed by atoms with van der Waals surface area (Å²) in [7, 11) is 0. The molecule has 0 radical (unpaired) electrons. The van der Waals surface area contributed by atoms with E-state index in [1.807, 2.05) is 0 Å². The van der Waals surface area contributed by atoms with Crippen LogP contribution >= 0.6 is 0 Å². The standard InChI is InChI=1S/C14H21N3O/c1-9-6-11(9)12-7-14-15-4-2-13(17(14)16-12)10-3-5-18-8-10/h7,9-11,13,15H,2-6,8H2,1H3. The van der Waals surface area contributed by atoms with Crippen molar-refractivity contribution in [3.05, 3.63) is 11.8 Å². The third-order valence-electron chi connectivity index (χ3n) is 4.81. The summed E-state index contributed by atoms with van der Waals surface area (Å²) in [6.45, 7) is 5.24. The number of hydrogen-bond donors (Lipinski definition) is 1. The molecular weight excluding hydrogens is 226 g/mol. The van der Waals surface area contributed by atoms with E-state index in [-0.39, 0.29) is 0 Å². The van der Waals surface area contributed by atoms with Gasteiger partial charge in [-0.05, 0) is 25.2 Å². The number of fused-ring (bicyclic) bond motifs is 1. The Labute approximate surface area is 108 Å². The Morgan fingerprint density at radius 2 is 2.33 bits per heavy atom. The summed E-state index contributed by atoms with van der Waals surface area (Å²) in [4.78, 5) is 0. The zero-order valence-corrected chi connectivity index (χ0v) is 10.9. The van der Waals surface area contributed by atoms with E-state index in [0.717, 1.165) is 25.7 Å². The van der Waals surface area contributed by atoms with Gasteiger partial charge < -0.3 is 10.1 Å². The van der Waals surface area contributed by atoms with Crippen molar-refractivity contribution in [1.82, 2.24) is 9.78 Å². The normalized spacial score (nSPS) is 38.3. The van der Waals surface area contributed by atoms with Gasteiger partial charge in [-0.25, -0.2) is 4.68 Å². The van der Waals surface area contributed by atoms with Crippen LogP contribution in [0.3, 0.4) is 0 Å². The first-order valence-corrected chi connectivity index (χ1v) is 7.24. The number of ether oxygens (including phenoxy) is 1. The van der Waals surface area contributed by atoms with Crippen molar-refractivity contribution in [3.8, 4) is 0 Å². The van der Waals surface area contributed by atoms with Gasteiger partial charge in [0.25, 0.3) is 0 Å². The molecule has 4 nitrogen and oxygen atoms in total. The quantitative estimate of drug-likeness (QED) is 0.872. The van der Waals surface area contributed by atoms with E-state index in [2.05, 4.69) is 23.0 Å². The van der Waals surface area contributed by atoms with Crippen LogP contribution in [0.5, 0.6) is 0 Å². The first-order valence-electron chi connectivity index (χ1n) is 7.24. The van der Waals surface area contributed by atoms with Gasteiger partial charge in [0.2, 0.25) is 0 Å². The summed E-state index contributed by atoms with van der Waals surface area (Å²) in [5.41, 5.74) is 1.30. The van der Waals surface area contributed by atoms with E-state index in [9.17, 15) is 0 Å². The molecule has 1 N–H and O–H groups in total. The Bertz CT molecular complexity index is 450. The highest BCUT2D eigenvalue weighted by Gasteiger charge is 2.38. The fourth-order valence-corrected chi connectivity index (χ4v) is 3.48. The third kappa shape index (κ3) is 1.66. The minimum Gasteiger partial charge on any atom is -0.381 e. The lowest BCUT2D eigenvalue weighted by atomic mass is 9.95. The van der Waals surface area contributed by atoms with Crippen LogP contribution in [-0.4, -0.2) is 29.5 Å². The zero-order chi connectivity index (χ0) is 12.1. The minimum atomic E-state index is 0.548. The molecule has 1 saturated carbocycles. The molecule has 3 heterocycles. The van der Waals surface area contributed by atoms with E-state index in [1.54, 1.807) is 0 Å². The van der Waals surface area contributed by atoms with Gasteiger partial charge in [-0.2, -0.15) is 5.10 Å². The van der Waals surface area contributed by atoms with Crippen LogP contribution in [0.15, 0.2) is 6.07 Å². The first-order chi connectivity index (χ1) is 8.83. The van der Waals surface area contributed by atoms with Crippen LogP contribution in [0, 0.1) is 11.8 Å². The molecule has 3 aliphatic rings. The molecule has 2 aliphatic heterocycles.